The molecule has 0 unspecified atom stereocenters. The molecule has 2 rings (SSSR count). The fourth-order valence-corrected chi connectivity index (χ4v) is 2.91. The standard InChI is InChI=1S/C15H17NO2S/c1-2-12-16-19(17,18)15-10-8-14(9-11-15)13-6-4-3-5-7-13/h3-11,16H,2,12H2,1H3. The predicted octanol–water partition coefficient (Wildman–Crippen LogP) is 3.04. The minimum atomic E-state index is -3.37. The van der Waals surface area contributed by atoms with Crippen LogP contribution in [0.3, 0.4) is 0 Å². The van der Waals surface area contributed by atoms with Crippen molar-refractivity contribution in [1.29, 1.82) is 0 Å². The first-order valence-corrected chi connectivity index (χ1v) is 7.77. The second-order valence-corrected chi connectivity index (χ2v) is 6.06. The highest BCUT2D eigenvalue weighted by atomic mass is 32.2. The van der Waals surface area contributed by atoms with E-state index in [-0.39, 0.29) is 0 Å². The Morgan fingerprint density at radius 3 is 2.05 bits per heavy atom. The first kappa shape index (κ1) is 13.8. The Morgan fingerprint density at radius 1 is 0.895 bits per heavy atom. The summed E-state index contributed by atoms with van der Waals surface area (Å²) in [5.41, 5.74) is 2.09. The molecule has 0 heterocycles. The third-order valence-corrected chi connectivity index (χ3v) is 4.29. The zero-order chi connectivity index (χ0) is 13.7. The smallest absolute Gasteiger partial charge is 0.211 e. The summed E-state index contributed by atoms with van der Waals surface area (Å²) in [5, 5.41) is 0. The van der Waals surface area contributed by atoms with Gasteiger partial charge in [-0.3, -0.25) is 0 Å². The van der Waals surface area contributed by atoms with Crippen molar-refractivity contribution in [3.05, 3.63) is 54.6 Å². The van der Waals surface area contributed by atoms with E-state index >= 15 is 0 Å². The van der Waals surface area contributed by atoms with Gasteiger partial charge in [-0.25, -0.2) is 13.1 Å². The van der Waals surface area contributed by atoms with E-state index in [1.807, 2.05) is 49.4 Å². The van der Waals surface area contributed by atoms with Crippen LogP contribution >= 0.6 is 0 Å². The minimum absolute atomic E-state index is 0.306. The van der Waals surface area contributed by atoms with Gasteiger partial charge in [0, 0.05) is 6.54 Å². The topological polar surface area (TPSA) is 46.2 Å². The molecular weight excluding hydrogens is 258 g/mol. The van der Waals surface area contributed by atoms with Crippen molar-refractivity contribution in [2.75, 3.05) is 6.54 Å². The lowest BCUT2D eigenvalue weighted by Gasteiger charge is -2.07. The highest BCUT2D eigenvalue weighted by Crippen LogP contribution is 2.20. The van der Waals surface area contributed by atoms with Gasteiger partial charge in [0.2, 0.25) is 10.0 Å². The van der Waals surface area contributed by atoms with Crippen LogP contribution < -0.4 is 4.72 Å². The molecule has 0 aliphatic carbocycles. The monoisotopic (exact) mass is 275 g/mol. The summed E-state index contributed by atoms with van der Waals surface area (Å²) in [6.45, 7) is 2.39. The van der Waals surface area contributed by atoms with E-state index in [9.17, 15) is 8.42 Å². The molecule has 0 aliphatic rings. The van der Waals surface area contributed by atoms with Gasteiger partial charge in [-0.15, -0.1) is 0 Å². The molecule has 0 saturated heterocycles. The van der Waals surface area contributed by atoms with Crippen molar-refractivity contribution in [1.82, 2.24) is 4.72 Å². The largest absolute Gasteiger partial charge is 0.240 e. The lowest BCUT2D eigenvalue weighted by molar-refractivity contribution is 0.581. The van der Waals surface area contributed by atoms with E-state index in [2.05, 4.69) is 4.72 Å². The van der Waals surface area contributed by atoms with Crippen molar-refractivity contribution in [2.24, 2.45) is 0 Å². The Kier molecular flexibility index (Phi) is 4.35. The Labute approximate surface area is 114 Å². The number of hydrogen-bond donors (Lipinski definition) is 1. The van der Waals surface area contributed by atoms with Crippen LogP contribution in [-0.2, 0) is 10.0 Å². The quantitative estimate of drug-likeness (QED) is 0.911. The van der Waals surface area contributed by atoms with E-state index in [0.717, 1.165) is 17.5 Å². The second kappa shape index (κ2) is 5.99. The summed E-state index contributed by atoms with van der Waals surface area (Å²) < 4.78 is 26.4. The van der Waals surface area contributed by atoms with E-state index < -0.39 is 10.0 Å². The predicted molar refractivity (Wildman–Crippen MR) is 77.4 cm³/mol. The number of rotatable bonds is 5. The highest BCUT2D eigenvalue weighted by Gasteiger charge is 2.12. The second-order valence-electron chi connectivity index (χ2n) is 4.29. The molecule has 0 spiro atoms. The molecule has 2 aromatic carbocycles. The van der Waals surface area contributed by atoms with Gasteiger partial charge < -0.3 is 0 Å². The summed E-state index contributed by atoms with van der Waals surface area (Å²) >= 11 is 0. The van der Waals surface area contributed by atoms with Crippen molar-refractivity contribution < 1.29 is 8.42 Å². The zero-order valence-corrected chi connectivity index (χ0v) is 11.7. The molecule has 0 fully saturated rings. The maximum Gasteiger partial charge on any atom is 0.240 e. The molecule has 0 radical (unpaired) electrons. The molecule has 0 amide bonds. The Morgan fingerprint density at radius 2 is 1.47 bits per heavy atom. The fourth-order valence-electron chi connectivity index (χ4n) is 1.78. The van der Waals surface area contributed by atoms with Crippen molar-refractivity contribution >= 4 is 10.0 Å². The van der Waals surface area contributed by atoms with E-state index in [1.54, 1.807) is 12.1 Å². The summed E-state index contributed by atoms with van der Waals surface area (Å²) in [4.78, 5) is 0.306. The van der Waals surface area contributed by atoms with Gasteiger partial charge in [-0.2, -0.15) is 0 Å². The molecule has 3 nitrogen and oxygen atoms in total. The maximum atomic E-state index is 11.9. The van der Waals surface area contributed by atoms with E-state index in [0.29, 0.717) is 11.4 Å². The summed E-state index contributed by atoms with van der Waals surface area (Å²) in [7, 11) is -3.37. The Balaban J connectivity index is 2.24. The third-order valence-electron chi connectivity index (χ3n) is 2.81. The molecule has 0 aromatic heterocycles. The molecular formula is C15H17NO2S. The first-order valence-electron chi connectivity index (χ1n) is 6.28. The molecule has 100 valence electrons. The molecule has 1 N–H and O–H groups in total. The number of hydrogen-bond acceptors (Lipinski definition) is 2. The molecule has 0 atom stereocenters. The fraction of sp³-hybridized carbons (Fsp3) is 0.200. The average molecular weight is 275 g/mol. The maximum absolute atomic E-state index is 11.9. The van der Waals surface area contributed by atoms with Crippen LogP contribution in [-0.4, -0.2) is 15.0 Å². The van der Waals surface area contributed by atoms with Gasteiger partial charge in [0.15, 0.2) is 0 Å². The lowest BCUT2D eigenvalue weighted by atomic mass is 10.1. The Hall–Kier alpha value is -1.65. The normalized spacial score (nSPS) is 11.4. The summed E-state index contributed by atoms with van der Waals surface area (Å²) in [5.74, 6) is 0. The molecule has 4 heteroatoms. The highest BCUT2D eigenvalue weighted by molar-refractivity contribution is 7.89. The van der Waals surface area contributed by atoms with Crippen LogP contribution in [0.1, 0.15) is 13.3 Å². The summed E-state index contributed by atoms with van der Waals surface area (Å²) in [6, 6.07) is 16.8. The van der Waals surface area contributed by atoms with Crippen LogP contribution in [0.5, 0.6) is 0 Å². The number of nitrogens with one attached hydrogen (secondary N) is 1. The third kappa shape index (κ3) is 3.43. The van der Waals surface area contributed by atoms with Gasteiger partial charge >= 0.3 is 0 Å². The van der Waals surface area contributed by atoms with Crippen LogP contribution in [0.15, 0.2) is 59.5 Å². The van der Waals surface area contributed by atoms with Gasteiger partial charge in [-0.05, 0) is 29.7 Å². The van der Waals surface area contributed by atoms with Gasteiger partial charge in [-0.1, -0.05) is 49.4 Å². The van der Waals surface area contributed by atoms with Crippen molar-refractivity contribution in [3.63, 3.8) is 0 Å². The number of sulfonamides is 1. The molecule has 0 bridgehead atoms. The van der Waals surface area contributed by atoms with Crippen LogP contribution in [0.4, 0.5) is 0 Å². The van der Waals surface area contributed by atoms with Crippen LogP contribution in [0.25, 0.3) is 11.1 Å². The SMILES string of the molecule is CCCNS(=O)(=O)c1ccc(-c2ccccc2)cc1. The van der Waals surface area contributed by atoms with Gasteiger partial charge in [0.1, 0.15) is 0 Å². The molecule has 0 aliphatic heterocycles. The van der Waals surface area contributed by atoms with Gasteiger partial charge in [0.05, 0.1) is 4.90 Å². The molecule has 0 saturated carbocycles. The van der Waals surface area contributed by atoms with E-state index in [1.165, 1.54) is 0 Å². The van der Waals surface area contributed by atoms with E-state index in [4.69, 9.17) is 0 Å². The minimum Gasteiger partial charge on any atom is -0.211 e. The van der Waals surface area contributed by atoms with Crippen LogP contribution in [0.2, 0.25) is 0 Å². The summed E-state index contributed by atoms with van der Waals surface area (Å²) in [6.07, 6.45) is 0.779. The number of benzene rings is 2. The average Bonchev–Trinajstić information content (AvgIpc) is 2.46. The van der Waals surface area contributed by atoms with Crippen molar-refractivity contribution in [3.8, 4) is 11.1 Å². The van der Waals surface area contributed by atoms with Crippen molar-refractivity contribution in [2.45, 2.75) is 18.2 Å². The lowest BCUT2D eigenvalue weighted by Crippen LogP contribution is -2.24. The first-order chi connectivity index (χ1) is 9.13. The molecule has 2 aromatic rings. The van der Waals surface area contributed by atoms with Gasteiger partial charge in [0.25, 0.3) is 0 Å². The zero-order valence-electron chi connectivity index (χ0n) is 10.8. The molecule has 19 heavy (non-hydrogen) atoms. The Bertz CT molecular complexity index is 619. The van der Waals surface area contributed by atoms with Crippen LogP contribution in [0, 0.1) is 0 Å².